The topological polar surface area (TPSA) is 104 Å². The number of rotatable bonds is 7. The smallest absolute Gasteiger partial charge is 0.264 e. The van der Waals surface area contributed by atoms with E-state index in [1.807, 2.05) is 6.07 Å². The molecule has 1 amide bonds. The molecule has 0 aliphatic carbocycles. The van der Waals surface area contributed by atoms with Gasteiger partial charge in [0.1, 0.15) is 0 Å². The first-order chi connectivity index (χ1) is 14.6. The van der Waals surface area contributed by atoms with E-state index in [1.165, 1.54) is 26.8 Å². The normalized spacial score (nSPS) is 17.8. The molecule has 0 radical (unpaired) electrons. The average Bonchev–Trinajstić information content (AvgIpc) is 2.74. The summed E-state index contributed by atoms with van der Waals surface area (Å²) in [7, 11) is -7.18. The molecule has 1 N–H and O–H groups in total. The largest absolute Gasteiger partial charge is 0.348 e. The summed E-state index contributed by atoms with van der Waals surface area (Å²) in [5.74, 6) is -0.430. The molecule has 8 nitrogen and oxygen atoms in total. The van der Waals surface area contributed by atoms with Crippen molar-refractivity contribution in [3.05, 3.63) is 60.2 Å². The summed E-state index contributed by atoms with van der Waals surface area (Å²) in [4.78, 5) is 12.8. The highest BCUT2D eigenvalue weighted by Crippen LogP contribution is 2.24. The molecule has 2 aromatic rings. The molecule has 10 heteroatoms. The van der Waals surface area contributed by atoms with Crippen molar-refractivity contribution in [2.75, 3.05) is 30.2 Å². The highest BCUT2D eigenvalue weighted by Gasteiger charge is 2.28. The Morgan fingerprint density at radius 1 is 1.10 bits per heavy atom. The first-order valence-electron chi connectivity index (χ1n) is 10.1. The zero-order valence-electron chi connectivity index (χ0n) is 17.6. The molecule has 3 rings (SSSR count). The lowest BCUT2D eigenvalue weighted by Crippen LogP contribution is -2.49. The molecule has 1 unspecified atom stereocenters. The fraction of sp³-hybridized carbons (Fsp3) is 0.381. The zero-order chi connectivity index (χ0) is 22.6. The second kappa shape index (κ2) is 9.37. The van der Waals surface area contributed by atoms with Crippen LogP contribution in [0, 0.1) is 0 Å². The highest BCUT2D eigenvalue weighted by molar-refractivity contribution is 7.92. The molecule has 31 heavy (non-hydrogen) atoms. The summed E-state index contributed by atoms with van der Waals surface area (Å²) in [6, 6.07) is 14.3. The van der Waals surface area contributed by atoms with Crippen molar-refractivity contribution >= 4 is 31.6 Å². The van der Waals surface area contributed by atoms with Gasteiger partial charge < -0.3 is 5.32 Å². The standard InChI is InChI=1S/C21H27N3O5S2/c1-3-24(19-11-5-4-6-12-19)31(28,29)20-13-7-9-17(15-20)21(25)22-18-10-8-14-23(16-18)30(2,26)27/h4-7,9,11-13,15,18H,3,8,10,14,16H2,1-2H3,(H,22,25). The van der Waals surface area contributed by atoms with Gasteiger partial charge in [0.25, 0.3) is 15.9 Å². The fourth-order valence-electron chi connectivity index (χ4n) is 3.64. The van der Waals surface area contributed by atoms with Gasteiger partial charge in [0.15, 0.2) is 0 Å². The van der Waals surface area contributed by atoms with Crippen molar-refractivity contribution in [1.29, 1.82) is 0 Å². The molecule has 1 aliphatic heterocycles. The first-order valence-corrected chi connectivity index (χ1v) is 13.4. The van der Waals surface area contributed by atoms with Crippen LogP contribution in [-0.2, 0) is 20.0 Å². The number of benzene rings is 2. The number of nitrogens with zero attached hydrogens (tertiary/aromatic N) is 2. The summed E-state index contributed by atoms with van der Waals surface area (Å²) in [6.07, 6.45) is 2.46. The summed E-state index contributed by atoms with van der Waals surface area (Å²) < 4.78 is 52.6. The van der Waals surface area contributed by atoms with E-state index < -0.39 is 26.0 Å². The second-order valence-electron chi connectivity index (χ2n) is 7.47. The molecule has 0 aromatic heterocycles. The molecule has 0 bridgehead atoms. The van der Waals surface area contributed by atoms with Crippen molar-refractivity contribution in [2.24, 2.45) is 0 Å². The lowest BCUT2D eigenvalue weighted by atomic mass is 10.1. The van der Waals surface area contributed by atoms with Gasteiger partial charge in [0, 0.05) is 31.2 Å². The van der Waals surface area contributed by atoms with Crippen LogP contribution < -0.4 is 9.62 Å². The lowest BCUT2D eigenvalue weighted by Gasteiger charge is -2.31. The van der Waals surface area contributed by atoms with Crippen LogP contribution in [0.2, 0.25) is 0 Å². The second-order valence-corrected chi connectivity index (χ2v) is 11.3. The minimum atomic E-state index is -3.86. The zero-order valence-corrected chi connectivity index (χ0v) is 19.2. The third-order valence-corrected chi connectivity index (χ3v) is 8.37. The lowest BCUT2D eigenvalue weighted by molar-refractivity contribution is 0.0921. The number of nitrogens with one attached hydrogen (secondary N) is 1. The van der Waals surface area contributed by atoms with E-state index in [-0.39, 0.29) is 29.6 Å². The van der Waals surface area contributed by atoms with Crippen LogP contribution in [0.25, 0.3) is 0 Å². The maximum absolute atomic E-state index is 13.2. The Bertz CT molecular complexity index is 1130. The van der Waals surface area contributed by atoms with E-state index in [1.54, 1.807) is 37.3 Å². The van der Waals surface area contributed by atoms with Crippen LogP contribution in [0.1, 0.15) is 30.1 Å². The maximum Gasteiger partial charge on any atom is 0.264 e. The number of piperidine rings is 1. The Hall–Kier alpha value is -2.43. The third-order valence-electron chi connectivity index (χ3n) is 5.20. The molecular weight excluding hydrogens is 438 g/mol. The van der Waals surface area contributed by atoms with E-state index in [0.29, 0.717) is 25.1 Å². The van der Waals surface area contributed by atoms with Gasteiger partial charge in [0.2, 0.25) is 10.0 Å². The molecule has 1 fully saturated rings. The predicted molar refractivity (Wildman–Crippen MR) is 120 cm³/mol. The predicted octanol–water partition coefficient (Wildman–Crippen LogP) is 2.06. The Morgan fingerprint density at radius 3 is 2.45 bits per heavy atom. The summed E-state index contributed by atoms with van der Waals surface area (Å²) in [6.45, 7) is 2.63. The van der Waals surface area contributed by atoms with Crippen molar-refractivity contribution in [3.63, 3.8) is 0 Å². The van der Waals surface area contributed by atoms with Gasteiger partial charge in [-0.3, -0.25) is 9.10 Å². The molecule has 1 heterocycles. The van der Waals surface area contributed by atoms with E-state index in [0.717, 1.165) is 6.26 Å². The molecule has 168 valence electrons. The van der Waals surface area contributed by atoms with Gasteiger partial charge in [-0.15, -0.1) is 0 Å². The highest BCUT2D eigenvalue weighted by atomic mass is 32.2. The van der Waals surface area contributed by atoms with Crippen molar-refractivity contribution < 1.29 is 21.6 Å². The van der Waals surface area contributed by atoms with E-state index in [4.69, 9.17) is 0 Å². The Balaban J connectivity index is 1.80. The van der Waals surface area contributed by atoms with Gasteiger partial charge >= 0.3 is 0 Å². The number of hydrogen-bond acceptors (Lipinski definition) is 5. The Labute approximate surface area is 184 Å². The van der Waals surface area contributed by atoms with Gasteiger partial charge in [-0.1, -0.05) is 24.3 Å². The Kier molecular flexibility index (Phi) is 7.03. The van der Waals surface area contributed by atoms with Gasteiger partial charge in [0.05, 0.1) is 16.8 Å². The number of carbonyl (C=O) groups excluding carboxylic acids is 1. The number of amides is 1. The van der Waals surface area contributed by atoms with Crippen LogP contribution >= 0.6 is 0 Å². The number of anilines is 1. The number of hydrogen-bond donors (Lipinski definition) is 1. The third kappa shape index (κ3) is 5.44. The van der Waals surface area contributed by atoms with E-state index in [9.17, 15) is 21.6 Å². The summed E-state index contributed by atoms with van der Waals surface area (Å²) >= 11 is 0. The summed E-state index contributed by atoms with van der Waals surface area (Å²) in [5, 5.41) is 2.84. The minimum Gasteiger partial charge on any atom is -0.348 e. The van der Waals surface area contributed by atoms with E-state index >= 15 is 0 Å². The van der Waals surface area contributed by atoms with Crippen LogP contribution in [0.5, 0.6) is 0 Å². The van der Waals surface area contributed by atoms with Gasteiger partial charge in [-0.25, -0.2) is 21.1 Å². The average molecular weight is 466 g/mol. The van der Waals surface area contributed by atoms with Crippen LogP contribution in [0.4, 0.5) is 5.69 Å². The monoisotopic (exact) mass is 465 g/mol. The molecule has 0 saturated carbocycles. The van der Waals surface area contributed by atoms with Crippen molar-refractivity contribution in [3.8, 4) is 0 Å². The SMILES string of the molecule is CCN(c1ccccc1)S(=O)(=O)c1cccc(C(=O)NC2CCCN(S(C)(=O)=O)C2)c1. The van der Waals surface area contributed by atoms with Gasteiger partial charge in [-0.05, 0) is 50.1 Å². The first kappa shape index (κ1) is 23.2. The molecule has 1 aliphatic rings. The van der Waals surface area contributed by atoms with Crippen molar-refractivity contribution in [2.45, 2.75) is 30.7 Å². The molecule has 2 aromatic carbocycles. The minimum absolute atomic E-state index is 0.0206. The molecule has 0 spiro atoms. The molecular formula is C21H27N3O5S2. The molecule has 1 saturated heterocycles. The number of sulfonamides is 2. The van der Waals surface area contributed by atoms with Crippen LogP contribution in [0.15, 0.2) is 59.5 Å². The maximum atomic E-state index is 13.2. The number of carbonyl (C=O) groups is 1. The van der Waals surface area contributed by atoms with Gasteiger partial charge in [-0.2, -0.15) is 0 Å². The van der Waals surface area contributed by atoms with Crippen LogP contribution in [0.3, 0.4) is 0 Å². The Morgan fingerprint density at radius 2 is 1.81 bits per heavy atom. The number of para-hydroxylation sites is 1. The fourth-order valence-corrected chi connectivity index (χ4v) is 6.07. The molecule has 1 atom stereocenters. The van der Waals surface area contributed by atoms with E-state index in [2.05, 4.69) is 5.32 Å². The van der Waals surface area contributed by atoms with Crippen LogP contribution in [-0.4, -0.2) is 59.0 Å². The quantitative estimate of drug-likeness (QED) is 0.674. The summed E-state index contributed by atoms with van der Waals surface area (Å²) in [5.41, 5.74) is 0.754. The van der Waals surface area contributed by atoms with Crippen molar-refractivity contribution in [1.82, 2.24) is 9.62 Å².